The fourth-order valence-corrected chi connectivity index (χ4v) is 6.61. The Labute approximate surface area is 255 Å². The number of benzene rings is 4. The lowest BCUT2D eigenvalue weighted by Crippen LogP contribution is -2.39. The lowest BCUT2D eigenvalue weighted by molar-refractivity contribution is -0.658. The SMILES string of the molecule is O=S(=O)([O-])CCCN1C(=C=C=Cc2oc3c4ccccc4c(Cl)cc3[n+]2CS(=O)(=O)[O-])Oc2c1cc(Cl)c1ccccc21. The molecule has 0 saturated carbocycles. The van der Waals surface area contributed by atoms with Crippen LogP contribution in [0.15, 0.2) is 82.4 Å². The zero-order chi connectivity index (χ0) is 30.5. The molecule has 220 valence electrons. The first-order valence-electron chi connectivity index (χ1n) is 12.7. The molecule has 10 nitrogen and oxygen atoms in total. The van der Waals surface area contributed by atoms with Crippen LogP contribution in [-0.4, -0.2) is 38.2 Å². The Morgan fingerprint density at radius 3 is 2.19 bits per heavy atom. The molecule has 43 heavy (non-hydrogen) atoms. The van der Waals surface area contributed by atoms with Gasteiger partial charge < -0.3 is 23.2 Å². The Morgan fingerprint density at radius 1 is 0.884 bits per heavy atom. The van der Waals surface area contributed by atoms with E-state index in [9.17, 15) is 25.9 Å². The monoisotopic (exact) mass is 657 g/mol. The Bertz CT molecular complexity index is 2290. The van der Waals surface area contributed by atoms with Crippen LogP contribution < -0.4 is 14.2 Å². The van der Waals surface area contributed by atoms with Gasteiger partial charge in [0.05, 0.1) is 25.9 Å². The lowest BCUT2D eigenvalue weighted by atomic mass is 10.1. The van der Waals surface area contributed by atoms with E-state index < -0.39 is 31.9 Å². The number of rotatable bonds is 7. The minimum atomic E-state index is -4.74. The van der Waals surface area contributed by atoms with Crippen LogP contribution in [0.3, 0.4) is 0 Å². The van der Waals surface area contributed by atoms with Crippen molar-refractivity contribution in [3.63, 3.8) is 0 Å². The van der Waals surface area contributed by atoms with Gasteiger partial charge >= 0.3 is 5.89 Å². The lowest BCUT2D eigenvalue weighted by Gasteiger charge is -2.17. The molecule has 0 atom stereocenters. The van der Waals surface area contributed by atoms with Crippen LogP contribution in [0.1, 0.15) is 12.3 Å². The van der Waals surface area contributed by atoms with Crippen LogP contribution in [0.25, 0.3) is 38.7 Å². The van der Waals surface area contributed by atoms with Gasteiger partial charge in [0.15, 0.2) is 15.9 Å². The normalized spacial score (nSPS) is 13.3. The van der Waals surface area contributed by atoms with Crippen LogP contribution in [-0.2, 0) is 26.1 Å². The largest absolute Gasteiger partial charge is 0.748 e. The number of ether oxygens (including phenoxy) is 1. The van der Waals surface area contributed by atoms with E-state index in [2.05, 4.69) is 11.5 Å². The molecule has 0 amide bonds. The van der Waals surface area contributed by atoms with Crippen LogP contribution in [0.5, 0.6) is 5.75 Å². The van der Waals surface area contributed by atoms with Crippen molar-refractivity contribution in [2.75, 3.05) is 17.2 Å². The number of nitrogens with zero attached hydrogens (tertiary/aromatic N) is 2. The van der Waals surface area contributed by atoms with Crippen molar-refractivity contribution >= 4 is 87.8 Å². The van der Waals surface area contributed by atoms with Gasteiger partial charge in [-0.1, -0.05) is 77.5 Å². The van der Waals surface area contributed by atoms with Crippen LogP contribution in [0.2, 0.25) is 10.0 Å². The van der Waals surface area contributed by atoms with E-state index in [4.69, 9.17) is 32.4 Å². The summed E-state index contributed by atoms with van der Waals surface area (Å²) in [6.45, 7) is 0.0801. The van der Waals surface area contributed by atoms with Crippen LogP contribution in [0.4, 0.5) is 5.69 Å². The second-order valence-corrected chi connectivity index (χ2v) is 13.4. The average Bonchev–Trinajstić information content (AvgIpc) is 3.45. The first-order chi connectivity index (χ1) is 20.4. The maximum atomic E-state index is 11.8. The Balaban J connectivity index is 1.51. The first-order valence-corrected chi connectivity index (χ1v) is 16.6. The molecule has 4 aromatic carbocycles. The molecule has 0 radical (unpaired) electrons. The van der Waals surface area contributed by atoms with Gasteiger partial charge in [-0.05, 0) is 18.2 Å². The van der Waals surface area contributed by atoms with E-state index in [1.807, 2.05) is 24.3 Å². The van der Waals surface area contributed by atoms with Gasteiger partial charge in [-0.3, -0.25) is 0 Å². The van der Waals surface area contributed by atoms with E-state index >= 15 is 0 Å². The second-order valence-electron chi connectivity index (χ2n) is 9.65. The first kappa shape index (κ1) is 29.3. The standard InChI is InChI=1S/C29H20Cl2N2O8S2/c30-22-15-24-28(20-9-3-1-7-18(20)22)40-26(32(24)13-6-14-42(34,35)36)11-5-12-27-33(17-43(37,38)39)25-16-23(31)19-8-2-4-10-21(19)29(25)41-27/h1-4,7-10,12,15-16H,6,13-14,17H2,(H-,34,35,36,37,38,39)/p-1. The molecule has 0 saturated heterocycles. The summed E-state index contributed by atoms with van der Waals surface area (Å²) >= 11 is 13.0. The van der Waals surface area contributed by atoms with Gasteiger partial charge in [0.2, 0.25) is 11.5 Å². The number of hydrogen-bond acceptors (Lipinski definition) is 9. The molecular weight excluding hydrogens is 639 g/mol. The van der Waals surface area contributed by atoms with Crippen molar-refractivity contribution in [3.8, 4) is 5.75 Å². The molecule has 5 aromatic rings. The summed E-state index contributed by atoms with van der Waals surface area (Å²) in [6.07, 6.45) is 1.28. The summed E-state index contributed by atoms with van der Waals surface area (Å²) in [6, 6.07) is 17.6. The quantitative estimate of drug-likeness (QED) is 0.130. The van der Waals surface area contributed by atoms with Gasteiger partial charge in [0, 0.05) is 39.9 Å². The fraction of sp³-hybridized carbons (Fsp3) is 0.138. The predicted octanol–water partition coefficient (Wildman–Crippen LogP) is 5.28. The Morgan fingerprint density at radius 2 is 1.51 bits per heavy atom. The zero-order valence-corrected chi connectivity index (χ0v) is 25.1. The Hall–Kier alpha value is -3.83. The second kappa shape index (κ2) is 11.0. The molecule has 0 N–H and O–H groups in total. The van der Waals surface area contributed by atoms with Gasteiger partial charge in [0.25, 0.3) is 11.4 Å². The maximum absolute atomic E-state index is 11.8. The van der Waals surface area contributed by atoms with Crippen molar-refractivity contribution in [1.29, 1.82) is 0 Å². The van der Waals surface area contributed by atoms with Crippen molar-refractivity contribution in [2.24, 2.45) is 0 Å². The van der Waals surface area contributed by atoms with Crippen LogP contribution in [0, 0.1) is 0 Å². The minimum Gasteiger partial charge on any atom is -0.748 e. The van der Waals surface area contributed by atoms with Crippen molar-refractivity contribution < 1.29 is 39.7 Å². The van der Waals surface area contributed by atoms with Gasteiger partial charge in [-0.25, -0.2) is 16.8 Å². The number of fused-ring (bicyclic) bond motifs is 6. The summed E-state index contributed by atoms with van der Waals surface area (Å²) in [7, 11) is -9.20. The molecule has 6 rings (SSSR count). The smallest absolute Gasteiger partial charge is 0.383 e. The predicted molar refractivity (Wildman–Crippen MR) is 160 cm³/mol. The summed E-state index contributed by atoms with van der Waals surface area (Å²) in [5.74, 6) is -0.975. The van der Waals surface area contributed by atoms with Gasteiger partial charge in [-0.2, -0.15) is 0 Å². The van der Waals surface area contributed by atoms with Crippen molar-refractivity contribution in [1.82, 2.24) is 0 Å². The number of hydrogen-bond donors (Lipinski definition) is 0. The number of anilines is 1. The van der Waals surface area contributed by atoms with Crippen molar-refractivity contribution in [2.45, 2.75) is 12.3 Å². The third-order valence-corrected chi connectivity index (χ3v) is 8.77. The zero-order valence-electron chi connectivity index (χ0n) is 21.9. The van der Waals surface area contributed by atoms with Crippen LogP contribution >= 0.6 is 23.2 Å². The van der Waals surface area contributed by atoms with Crippen molar-refractivity contribution in [3.05, 3.63) is 93.9 Å². The molecule has 2 heterocycles. The molecule has 0 bridgehead atoms. The van der Waals surface area contributed by atoms with E-state index in [0.29, 0.717) is 43.2 Å². The molecule has 1 aliphatic rings. The summed E-state index contributed by atoms with van der Waals surface area (Å²) in [4.78, 5) is 1.61. The number of oxazole rings is 1. The summed E-state index contributed by atoms with van der Waals surface area (Å²) in [5, 5.41) is 3.50. The van der Waals surface area contributed by atoms with E-state index in [1.54, 1.807) is 35.2 Å². The number of halogens is 2. The number of aromatic nitrogens is 1. The van der Waals surface area contributed by atoms with E-state index in [1.165, 1.54) is 16.7 Å². The summed E-state index contributed by atoms with van der Waals surface area (Å²) in [5.41, 5.74) is 6.79. The molecule has 0 spiro atoms. The highest BCUT2D eigenvalue weighted by Gasteiger charge is 2.30. The highest BCUT2D eigenvalue weighted by molar-refractivity contribution is 7.85. The molecule has 1 aliphatic heterocycles. The minimum absolute atomic E-state index is 0.00720. The molecule has 0 aliphatic carbocycles. The third kappa shape index (κ3) is 5.88. The van der Waals surface area contributed by atoms with Gasteiger partial charge in [-0.15, -0.1) is 4.57 Å². The highest BCUT2D eigenvalue weighted by atomic mass is 35.5. The van der Waals surface area contributed by atoms with E-state index in [-0.39, 0.29) is 30.3 Å². The molecule has 1 aromatic heterocycles. The molecule has 14 heteroatoms. The third-order valence-electron chi connectivity index (χ3n) is 6.79. The molecule has 0 fully saturated rings. The molecule has 0 unspecified atom stereocenters. The highest BCUT2D eigenvalue weighted by Crippen LogP contribution is 2.46. The topological polar surface area (TPSA) is 144 Å². The van der Waals surface area contributed by atoms with E-state index in [0.717, 1.165) is 5.39 Å². The summed E-state index contributed by atoms with van der Waals surface area (Å²) < 4.78 is 82.4. The maximum Gasteiger partial charge on any atom is 0.383 e. The molecular formula is C29H19Cl2N2O8S2-. The fourth-order valence-electron chi connectivity index (χ4n) is 5.01. The average molecular weight is 659 g/mol. The van der Waals surface area contributed by atoms with Gasteiger partial charge in [0.1, 0.15) is 6.08 Å². The Kier molecular flexibility index (Phi) is 7.50.